The first-order valence-corrected chi connectivity index (χ1v) is 10.7. The molecule has 3 heterocycles. The maximum absolute atomic E-state index is 15.2. The highest BCUT2D eigenvalue weighted by Gasteiger charge is 2.39. The maximum atomic E-state index is 15.2. The van der Waals surface area contributed by atoms with Gasteiger partial charge in [-0.15, -0.1) is 0 Å². The van der Waals surface area contributed by atoms with E-state index in [9.17, 15) is 0 Å². The summed E-state index contributed by atoms with van der Waals surface area (Å²) in [6.07, 6.45) is 4.03. The summed E-state index contributed by atoms with van der Waals surface area (Å²) in [6.45, 7) is 1.95. The summed E-state index contributed by atoms with van der Waals surface area (Å²) < 4.78 is 17.0. The van der Waals surface area contributed by atoms with E-state index in [-0.39, 0.29) is 5.82 Å². The SMILES string of the molecule is Cc1nn(-c2ccc(Cl)cc2)c2c1[C@@H](c1ccccc1F)N1C(=N2)C=Cc2ccccc21. The smallest absolute Gasteiger partial charge is 0.163 e. The van der Waals surface area contributed by atoms with Crippen LogP contribution in [0.15, 0.2) is 83.9 Å². The minimum absolute atomic E-state index is 0.254. The Morgan fingerprint density at radius 2 is 1.66 bits per heavy atom. The Kier molecular flexibility index (Phi) is 4.26. The minimum atomic E-state index is -0.397. The first-order chi connectivity index (χ1) is 15.6. The van der Waals surface area contributed by atoms with Crippen LogP contribution >= 0.6 is 11.6 Å². The fourth-order valence-electron chi connectivity index (χ4n) is 4.52. The summed E-state index contributed by atoms with van der Waals surface area (Å²) in [5, 5.41) is 5.46. The van der Waals surface area contributed by atoms with Gasteiger partial charge >= 0.3 is 0 Å². The van der Waals surface area contributed by atoms with Gasteiger partial charge in [0, 0.05) is 16.1 Å². The molecular formula is C26H18ClFN4. The van der Waals surface area contributed by atoms with E-state index in [2.05, 4.69) is 11.0 Å². The zero-order valence-electron chi connectivity index (χ0n) is 17.2. The van der Waals surface area contributed by atoms with Crippen molar-refractivity contribution in [2.45, 2.75) is 13.0 Å². The standard InChI is InChI=1S/C26H18ClFN4/c1-16-24-25(20-7-3-4-8-21(20)28)31-22-9-5-2-6-17(22)10-15-23(31)29-26(24)32(30-16)19-13-11-18(27)12-14-19/h2-15,25H,1H3/t25-/m1/s1. The molecule has 32 heavy (non-hydrogen) atoms. The monoisotopic (exact) mass is 440 g/mol. The van der Waals surface area contributed by atoms with Crippen LogP contribution in [-0.4, -0.2) is 15.6 Å². The van der Waals surface area contributed by atoms with Gasteiger partial charge in [-0.05, 0) is 61.0 Å². The summed E-state index contributed by atoms with van der Waals surface area (Å²) >= 11 is 6.09. The largest absolute Gasteiger partial charge is 0.314 e. The van der Waals surface area contributed by atoms with Crippen molar-refractivity contribution in [3.05, 3.63) is 112 Å². The van der Waals surface area contributed by atoms with Crippen molar-refractivity contribution in [1.29, 1.82) is 0 Å². The number of amidine groups is 1. The van der Waals surface area contributed by atoms with Crippen molar-refractivity contribution in [1.82, 2.24) is 9.78 Å². The Labute approximate surface area is 189 Å². The van der Waals surface area contributed by atoms with Gasteiger partial charge in [0.05, 0.1) is 23.1 Å². The first-order valence-electron chi connectivity index (χ1n) is 10.4. The van der Waals surface area contributed by atoms with Crippen LogP contribution in [0.25, 0.3) is 11.8 Å². The molecule has 2 aliphatic heterocycles. The van der Waals surface area contributed by atoms with Crippen LogP contribution in [0, 0.1) is 12.7 Å². The van der Waals surface area contributed by atoms with E-state index in [1.165, 1.54) is 6.07 Å². The molecule has 0 bridgehead atoms. The Bertz CT molecular complexity index is 1420. The van der Waals surface area contributed by atoms with Crippen LogP contribution in [0.2, 0.25) is 5.02 Å². The molecule has 4 aromatic rings. The van der Waals surface area contributed by atoms with Crippen molar-refractivity contribution in [2.75, 3.05) is 4.90 Å². The number of hydrogen-bond donors (Lipinski definition) is 0. The summed E-state index contributed by atoms with van der Waals surface area (Å²) in [4.78, 5) is 7.10. The van der Waals surface area contributed by atoms with Crippen LogP contribution in [0.1, 0.15) is 28.4 Å². The number of hydrogen-bond acceptors (Lipinski definition) is 3. The van der Waals surface area contributed by atoms with Crippen LogP contribution < -0.4 is 4.90 Å². The average Bonchev–Trinajstić information content (AvgIpc) is 3.14. The molecule has 0 unspecified atom stereocenters. The summed E-state index contributed by atoms with van der Waals surface area (Å²) in [7, 11) is 0. The number of para-hydroxylation sites is 1. The number of anilines is 1. The lowest BCUT2D eigenvalue weighted by atomic mass is 9.92. The van der Waals surface area contributed by atoms with Gasteiger partial charge in [-0.3, -0.25) is 0 Å². The lowest BCUT2D eigenvalue weighted by Gasteiger charge is -2.39. The van der Waals surface area contributed by atoms with E-state index in [1.807, 2.05) is 78.4 Å². The van der Waals surface area contributed by atoms with E-state index in [4.69, 9.17) is 21.7 Å². The number of rotatable bonds is 2. The Balaban J connectivity index is 1.65. The molecule has 0 amide bonds. The average molecular weight is 441 g/mol. The van der Waals surface area contributed by atoms with Crippen LogP contribution in [0.3, 0.4) is 0 Å². The molecule has 0 N–H and O–H groups in total. The van der Waals surface area contributed by atoms with Gasteiger partial charge < -0.3 is 4.90 Å². The second-order valence-corrected chi connectivity index (χ2v) is 8.30. The molecule has 0 radical (unpaired) electrons. The molecule has 0 saturated heterocycles. The predicted molar refractivity (Wildman–Crippen MR) is 127 cm³/mol. The van der Waals surface area contributed by atoms with Crippen molar-refractivity contribution in [3.63, 3.8) is 0 Å². The molecule has 0 fully saturated rings. The lowest BCUT2D eigenvalue weighted by Crippen LogP contribution is -2.39. The lowest BCUT2D eigenvalue weighted by molar-refractivity contribution is 0.597. The van der Waals surface area contributed by atoms with Crippen molar-refractivity contribution in [2.24, 2.45) is 4.99 Å². The van der Waals surface area contributed by atoms with Crippen LogP contribution in [0.5, 0.6) is 0 Å². The quantitative estimate of drug-likeness (QED) is 0.350. The highest BCUT2D eigenvalue weighted by Crippen LogP contribution is 2.47. The number of benzene rings is 3. The van der Waals surface area contributed by atoms with Gasteiger partial charge in [0.1, 0.15) is 11.7 Å². The highest BCUT2D eigenvalue weighted by molar-refractivity contribution is 6.30. The zero-order chi connectivity index (χ0) is 21.8. The molecule has 2 aliphatic rings. The molecule has 0 spiro atoms. The van der Waals surface area contributed by atoms with E-state index >= 15 is 4.39 Å². The number of fused-ring (bicyclic) bond motifs is 4. The second-order valence-electron chi connectivity index (χ2n) is 7.87. The number of aromatic nitrogens is 2. The van der Waals surface area contributed by atoms with E-state index < -0.39 is 6.04 Å². The van der Waals surface area contributed by atoms with Gasteiger partial charge in [-0.1, -0.05) is 48.0 Å². The minimum Gasteiger partial charge on any atom is -0.314 e. The van der Waals surface area contributed by atoms with Crippen molar-refractivity contribution >= 4 is 35.0 Å². The first kappa shape index (κ1) is 19.0. The van der Waals surface area contributed by atoms with Gasteiger partial charge in [0.15, 0.2) is 5.82 Å². The van der Waals surface area contributed by atoms with Gasteiger partial charge in [0.2, 0.25) is 0 Å². The van der Waals surface area contributed by atoms with Crippen LogP contribution in [-0.2, 0) is 0 Å². The number of nitrogens with zero attached hydrogens (tertiary/aromatic N) is 4. The fraction of sp³-hybridized carbons (Fsp3) is 0.0769. The van der Waals surface area contributed by atoms with Gasteiger partial charge in [-0.2, -0.15) is 5.10 Å². The van der Waals surface area contributed by atoms with E-state index in [0.29, 0.717) is 16.4 Å². The fourth-order valence-corrected chi connectivity index (χ4v) is 4.65. The van der Waals surface area contributed by atoms with E-state index in [1.54, 1.807) is 6.07 Å². The Morgan fingerprint density at radius 3 is 2.47 bits per heavy atom. The van der Waals surface area contributed by atoms with Crippen molar-refractivity contribution in [3.8, 4) is 5.69 Å². The van der Waals surface area contributed by atoms with Crippen LogP contribution in [0.4, 0.5) is 15.9 Å². The molecule has 6 rings (SSSR count). The number of halogens is 2. The van der Waals surface area contributed by atoms with Crippen molar-refractivity contribution < 1.29 is 4.39 Å². The Hall–Kier alpha value is -3.70. The molecule has 3 aromatic carbocycles. The maximum Gasteiger partial charge on any atom is 0.163 e. The number of aryl methyl sites for hydroxylation is 1. The van der Waals surface area contributed by atoms with Gasteiger partial charge in [0.25, 0.3) is 0 Å². The molecular weight excluding hydrogens is 423 g/mol. The topological polar surface area (TPSA) is 33.4 Å². The third kappa shape index (κ3) is 2.82. The molecule has 156 valence electrons. The van der Waals surface area contributed by atoms with E-state index in [0.717, 1.165) is 34.0 Å². The molecule has 0 aliphatic carbocycles. The highest BCUT2D eigenvalue weighted by atomic mass is 35.5. The Morgan fingerprint density at radius 1 is 0.906 bits per heavy atom. The molecule has 1 aromatic heterocycles. The third-order valence-electron chi connectivity index (χ3n) is 5.96. The summed E-state index contributed by atoms with van der Waals surface area (Å²) in [6, 6.07) is 22.1. The molecule has 4 nitrogen and oxygen atoms in total. The molecule has 0 saturated carbocycles. The zero-order valence-corrected chi connectivity index (χ0v) is 18.0. The predicted octanol–water partition coefficient (Wildman–Crippen LogP) is 6.64. The molecule has 1 atom stereocenters. The third-order valence-corrected chi connectivity index (χ3v) is 6.21. The normalized spacial score (nSPS) is 16.3. The summed E-state index contributed by atoms with van der Waals surface area (Å²) in [5.41, 5.74) is 5.19. The summed E-state index contributed by atoms with van der Waals surface area (Å²) in [5.74, 6) is 1.20. The molecule has 6 heteroatoms. The van der Waals surface area contributed by atoms with Gasteiger partial charge in [-0.25, -0.2) is 14.1 Å². The second kappa shape index (κ2) is 7.18. The number of aliphatic imine (C=N–C) groups is 1.